The molecule has 0 spiro atoms. The van der Waals surface area contributed by atoms with Crippen LogP contribution < -0.4 is 0 Å². The van der Waals surface area contributed by atoms with Gasteiger partial charge in [0.05, 0.1) is 12.2 Å². The summed E-state index contributed by atoms with van der Waals surface area (Å²) in [4.78, 5) is 11.5. The Morgan fingerprint density at radius 1 is 1.60 bits per heavy atom. The highest BCUT2D eigenvalue weighted by Gasteiger charge is 2.17. The van der Waals surface area contributed by atoms with Crippen molar-refractivity contribution in [3.05, 3.63) is 23.0 Å². The summed E-state index contributed by atoms with van der Waals surface area (Å²) in [6.07, 6.45) is 0.721. The number of ether oxygens (including phenoxy) is 1. The normalized spacial score (nSPS) is 9.73. The van der Waals surface area contributed by atoms with Gasteiger partial charge < -0.3 is 9.30 Å². The van der Waals surface area contributed by atoms with Crippen molar-refractivity contribution in [2.24, 2.45) is 7.05 Å². The van der Waals surface area contributed by atoms with Crippen molar-refractivity contribution in [2.45, 2.75) is 20.3 Å². The summed E-state index contributed by atoms with van der Waals surface area (Å²) in [5, 5.41) is 8.88. The van der Waals surface area contributed by atoms with Crippen molar-refractivity contribution in [1.82, 2.24) is 4.57 Å². The first-order valence-electron chi connectivity index (χ1n) is 4.91. The van der Waals surface area contributed by atoms with Gasteiger partial charge in [0.2, 0.25) is 0 Å². The summed E-state index contributed by atoms with van der Waals surface area (Å²) >= 11 is 0. The standard InChI is InChI=1S/C11H14N2O2/c1-4-9-8(7-12)6-10(13(9)3)11(14)15-5-2/h6H,4-5H2,1-3H3. The Balaban J connectivity index is 3.16. The number of aromatic nitrogens is 1. The third kappa shape index (κ3) is 2.01. The molecule has 0 aromatic carbocycles. The molecule has 0 bridgehead atoms. The van der Waals surface area contributed by atoms with Crippen LogP contribution in [0.5, 0.6) is 0 Å². The first kappa shape index (κ1) is 11.3. The van der Waals surface area contributed by atoms with Crippen LogP contribution >= 0.6 is 0 Å². The van der Waals surface area contributed by atoms with E-state index in [9.17, 15) is 4.79 Å². The summed E-state index contributed by atoms with van der Waals surface area (Å²) in [5.41, 5.74) is 1.84. The van der Waals surface area contributed by atoms with Crippen LogP contribution in [0, 0.1) is 11.3 Å². The van der Waals surface area contributed by atoms with E-state index in [1.165, 1.54) is 0 Å². The Hall–Kier alpha value is -1.76. The van der Waals surface area contributed by atoms with Crippen LogP contribution in [0.3, 0.4) is 0 Å². The van der Waals surface area contributed by atoms with Gasteiger partial charge in [0.25, 0.3) is 0 Å². The summed E-state index contributed by atoms with van der Waals surface area (Å²) in [7, 11) is 1.77. The van der Waals surface area contributed by atoms with Gasteiger partial charge in [-0.1, -0.05) is 6.92 Å². The highest BCUT2D eigenvalue weighted by molar-refractivity contribution is 5.88. The SMILES string of the molecule is CCOC(=O)c1cc(C#N)c(CC)n1C. The molecule has 1 rings (SSSR count). The van der Waals surface area contributed by atoms with Crippen molar-refractivity contribution in [3.8, 4) is 6.07 Å². The number of carbonyl (C=O) groups is 1. The molecule has 0 aliphatic rings. The Labute approximate surface area is 89.1 Å². The molecule has 0 atom stereocenters. The Bertz CT molecular complexity index is 413. The third-order valence-corrected chi connectivity index (χ3v) is 2.30. The van der Waals surface area contributed by atoms with Crippen LogP contribution in [0.1, 0.15) is 35.6 Å². The zero-order valence-corrected chi connectivity index (χ0v) is 9.20. The lowest BCUT2D eigenvalue weighted by Crippen LogP contribution is -2.10. The molecule has 1 aromatic heterocycles. The largest absolute Gasteiger partial charge is 0.461 e. The number of carbonyl (C=O) groups excluding carboxylic acids is 1. The van der Waals surface area contributed by atoms with Crippen LogP contribution in [0.25, 0.3) is 0 Å². The van der Waals surface area contributed by atoms with Gasteiger partial charge in [-0.25, -0.2) is 4.79 Å². The fourth-order valence-corrected chi connectivity index (χ4v) is 1.57. The average Bonchev–Trinajstić information content (AvgIpc) is 2.55. The molecule has 80 valence electrons. The molecule has 0 radical (unpaired) electrons. The molecule has 0 saturated heterocycles. The number of nitrogens with zero attached hydrogens (tertiary/aromatic N) is 2. The van der Waals surface area contributed by atoms with Crippen molar-refractivity contribution in [2.75, 3.05) is 6.61 Å². The number of rotatable bonds is 3. The molecule has 4 heteroatoms. The van der Waals surface area contributed by atoms with Crippen LogP contribution in [0.4, 0.5) is 0 Å². The molecule has 1 heterocycles. The molecule has 1 aromatic rings. The van der Waals surface area contributed by atoms with E-state index < -0.39 is 0 Å². The number of hydrogen-bond acceptors (Lipinski definition) is 3. The lowest BCUT2D eigenvalue weighted by molar-refractivity contribution is 0.0515. The Morgan fingerprint density at radius 3 is 2.67 bits per heavy atom. The Morgan fingerprint density at radius 2 is 2.27 bits per heavy atom. The van der Waals surface area contributed by atoms with Gasteiger partial charge in [0.15, 0.2) is 0 Å². The van der Waals surface area contributed by atoms with Crippen LogP contribution in [0.2, 0.25) is 0 Å². The number of nitriles is 1. The third-order valence-electron chi connectivity index (χ3n) is 2.30. The second kappa shape index (κ2) is 4.65. The van der Waals surface area contributed by atoms with E-state index in [0.29, 0.717) is 17.9 Å². The van der Waals surface area contributed by atoms with Gasteiger partial charge in [0, 0.05) is 12.7 Å². The van der Waals surface area contributed by atoms with E-state index in [0.717, 1.165) is 12.1 Å². The highest BCUT2D eigenvalue weighted by atomic mass is 16.5. The average molecular weight is 206 g/mol. The minimum atomic E-state index is -0.379. The van der Waals surface area contributed by atoms with E-state index in [2.05, 4.69) is 6.07 Å². The lowest BCUT2D eigenvalue weighted by atomic mass is 10.2. The predicted molar refractivity (Wildman–Crippen MR) is 55.5 cm³/mol. The maximum absolute atomic E-state index is 11.5. The van der Waals surface area contributed by atoms with E-state index >= 15 is 0 Å². The summed E-state index contributed by atoms with van der Waals surface area (Å²) in [5.74, 6) is -0.379. The van der Waals surface area contributed by atoms with Gasteiger partial charge in [-0.05, 0) is 19.4 Å². The van der Waals surface area contributed by atoms with Gasteiger partial charge in [0.1, 0.15) is 11.8 Å². The smallest absolute Gasteiger partial charge is 0.354 e. The van der Waals surface area contributed by atoms with E-state index in [1.807, 2.05) is 6.92 Å². The molecular weight excluding hydrogens is 192 g/mol. The quantitative estimate of drug-likeness (QED) is 0.706. The monoisotopic (exact) mass is 206 g/mol. The molecule has 0 fully saturated rings. The Kier molecular flexibility index (Phi) is 3.51. The van der Waals surface area contributed by atoms with Crippen molar-refractivity contribution >= 4 is 5.97 Å². The molecule has 15 heavy (non-hydrogen) atoms. The maximum Gasteiger partial charge on any atom is 0.354 e. The van der Waals surface area contributed by atoms with Gasteiger partial charge >= 0.3 is 5.97 Å². The first-order chi connectivity index (χ1) is 7.15. The molecule has 0 saturated carbocycles. The van der Waals surface area contributed by atoms with E-state index in [1.54, 1.807) is 24.6 Å². The highest BCUT2D eigenvalue weighted by Crippen LogP contribution is 2.15. The van der Waals surface area contributed by atoms with E-state index in [-0.39, 0.29) is 5.97 Å². The molecule has 0 amide bonds. The van der Waals surface area contributed by atoms with Crippen molar-refractivity contribution in [3.63, 3.8) is 0 Å². The minimum absolute atomic E-state index is 0.341. The molecule has 0 aliphatic carbocycles. The van der Waals surface area contributed by atoms with Crippen LogP contribution in [-0.2, 0) is 18.2 Å². The summed E-state index contributed by atoms with van der Waals surface area (Å²) in [6, 6.07) is 3.66. The first-order valence-corrected chi connectivity index (χ1v) is 4.91. The maximum atomic E-state index is 11.5. The van der Waals surface area contributed by atoms with Gasteiger partial charge in [-0.2, -0.15) is 5.26 Å². The zero-order valence-electron chi connectivity index (χ0n) is 9.20. The number of esters is 1. The van der Waals surface area contributed by atoms with Crippen LogP contribution in [-0.4, -0.2) is 17.1 Å². The predicted octanol–water partition coefficient (Wildman–Crippen LogP) is 1.64. The lowest BCUT2D eigenvalue weighted by Gasteiger charge is -2.05. The minimum Gasteiger partial charge on any atom is -0.461 e. The second-order valence-electron chi connectivity index (χ2n) is 3.13. The van der Waals surface area contributed by atoms with Gasteiger partial charge in [-0.3, -0.25) is 0 Å². The molecule has 4 nitrogen and oxygen atoms in total. The fourth-order valence-electron chi connectivity index (χ4n) is 1.57. The van der Waals surface area contributed by atoms with Crippen LogP contribution in [0.15, 0.2) is 6.07 Å². The molecule has 0 aliphatic heterocycles. The van der Waals surface area contributed by atoms with E-state index in [4.69, 9.17) is 10.00 Å². The van der Waals surface area contributed by atoms with Crippen molar-refractivity contribution in [1.29, 1.82) is 5.26 Å². The van der Waals surface area contributed by atoms with Gasteiger partial charge in [-0.15, -0.1) is 0 Å². The molecule has 0 N–H and O–H groups in total. The summed E-state index contributed by atoms with van der Waals surface area (Å²) in [6.45, 7) is 4.05. The topological polar surface area (TPSA) is 55.0 Å². The zero-order chi connectivity index (χ0) is 11.4. The summed E-state index contributed by atoms with van der Waals surface area (Å²) < 4.78 is 6.62. The molecular formula is C11H14N2O2. The second-order valence-corrected chi connectivity index (χ2v) is 3.13. The van der Waals surface area contributed by atoms with Crippen molar-refractivity contribution < 1.29 is 9.53 Å². The number of hydrogen-bond donors (Lipinski definition) is 0. The molecule has 0 unspecified atom stereocenters. The fraction of sp³-hybridized carbons (Fsp3) is 0.455.